The first kappa shape index (κ1) is 29.9. The van der Waals surface area contributed by atoms with Crippen molar-refractivity contribution in [1.29, 1.82) is 0 Å². The van der Waals surface area contributed by atoms with Crippen LogP contribution in [0.15, 0.2) is 47.4 Å². The zero-order chi connectivity index (χ0) is 29.1. The Morgan fingerprint density at radius 1 is 0.895 bits per heavy atom. The molecule has 0 aliphatic rings. The second kappa shape index (κ2) is 9.55. The third kappa shape index (κ3) is 4.92. The number of aliphatic hydroxyl groups is 1. The van der Waals surface area contributed by atoms with E-state index in [9.17, 15) is 19.8 Å². The molecule has 4 N–H and O–H groups in total. The van der Waals surface area contributed by atoms with Crippen LogP contribution in [0.25, 0.3) is 10.9 Å². The van der Waals surface area contributed by atoms with Crippen LogP contribution in [-0.4, -0.2) is 89.3 Å². The van der Waals surface area contributed by atoms with Crippen molar-refractivity contribution >= 4 is 85.3 Å². The fourth-order valence-corrected chi connectivity index (χ4v) is 4.89. The number of phenols is 1. The van der Waals surface area contributed by atoms with Crippen LogP contribution in [0.4, 0.5) is 5.69 Å². The molecule has 6 nitrogen and oxygen atoms in total. The Balaban J connectivity index is 2.27. The van der Waals surface area contributed by atoms with E-state index in [1.165, 1.54) is 12.3 Å². The standard InChI is InChI=1S/C24H20B8N2O4/c1-20(2,3)13-8-14(21(22(25,26)27,23(28,29)30)24(31,32)38)17(35)9-16(13)34-19(37)12-10-33-15-7-5-4-6-11(15)18(12)36/h4-10,35,38H,1-3H3,(H,33,36)(H,34,37). The number of amides is 1. The van der Waals surface area contributed by atoms with Crippen molar-refractivity contribution in [2.24, 2.45) is 0 Å². The maximum Gasteiger partial charge on any atom is 0.261 e. The lowest BCUT2D eigenvalue weighted by Crippen LogP contribution is -2.67. The van der Waals surface area contributed by atoms with E-state index in [0.717, 1.165) is 6.07 Å². The topological polar surface area (TPSA) is 102 Å². The number of pyridine rings is 1. The normalized spacial score (nSPS) is 13.4. The SMILES string of the molecule is [B]C([B])([B])C(c1cc(C(C)(C)C)c(NC(=O)c2c[nH]c3ccccc3c2=O)cc1O)(C([B])([B])[B])C([B])([B])O. The molecule has 3 rings (SSSR count). The number of carbonyl (C=O) groups is 1. The molecule has 1 aromatic heterocycles. The van der Waals surface area contributed by atoms with Crippen LogP contribution >= 0.6 is 0 Å². The molecule has 16 radical (unpaired) electrons. The van der Waals surface area contributed by atoms with Gasteiger partial charge in [-0.3, -0.25) is 9.59 Å². The maximum absolute atomic E-state index is 13.2. The van der Waals surface area contributed by atoms with Crippen LogP contribution in [0.3, 0.4) is 0 Å². The van der Waals surface area contributed by atoms with Crippen molar-refractivity contribution in [2.45, 2.75) is 47.2 Å². The number of anilines is 1. The first-order valence-corrected chi connectivity index (χ1v) is 11.5. The molecule has 2 aromatic carbocycles. The van der Waals surface area contributed by atoms with E-state index in [1.54, 1.807) is 45.0 Å². The Hall–Kier alpha value is -2.60. The summed E-state index contributed by atoms with van der Waals surface area (Å²) in [7, 11) is 47.6. The minimum Gasteiger partial charge on any atom is -0.508 e. The summed E-state index contributed by atoms with van der Waals surface area (Å²) in [6.45, 7) is 5.34. The lowest BCUT2D eigenvalue weighted by atomic mass is 9.13. The molecule has 0 aliphatic heterocycles. The second-order valence-electron chi connectivity index (χ2n) is 10.6. The molecule has 38 heavy (non-hydrogen) atoms. The first-order chi connectivity index (χ1) is 17.1. The number of benzene rings is 2. The fraction of sp³-hybridized carbons (Fsp3) is 0.333. The number of nitrogens with one attached hydrogen (secondary N) is 2. The van der Waals surface area contributed by atoms with Gasteiger partial charge in [-0.15, -0.1) is 10.2 Å². The number of aromatic amines is 1. The number of carbonyl (C=O) groups excluding carboxylic acids is 1. The second-order valence-corrected chi connectivity index (χ2v) is 10.6. The lowest BCUT2D eigenvalue weighted by Gasteiger charge is -2.64. The zero-order valence-corrected chi connectivity index (χ0v) is 21.4. The number of fused-ring (bicyclic) bond motifs is 1. The van der Waals surface area contributed by atoms with Crippen molar-refractivity contribution < 1.29 is 15.0 Å². The van der Waals surface area contributed by atoms with E-state index in [4.69, 9.17) is 62.8 Å². The predicted octanol–water partition coefficient (Wildman–Crippen LogP) is 0.163. The Bertz CT molecular complexity index is 1410. The number of aromatic nitrogens is 1. The summed E-state index contributed by atoms with van der Waals surface area (Å²) in [5.74, 6) is -1.42. The average Bonchev–Trinajstić information content (AvgIpc) is 2.72. The number of rotatable bonds is 6. The number of H-pyrrole nitrogens is 1. The molecule has 0 unspecified atom stereocenters. The van der Waals surface area contributed by atoms with E-state index in [0.29, 0.717) is 16.5 Å². The van der Waals surface area contributed by atoms with Crippen LogP contribution in [0.5, 0.6) is 5.75 Å². The number of para-hydroxylation sites is 1. The monoisotopic (exact) mass is 488 g/mol. The Morgan fingerprint density at radius 3 is 1.95 bits per heavy atom. The van der Waals surface area contributed by atoms with Gasteiger partial charge in [0.2, 0.25) is 5.43 Å². The number of phenolic OH excluding ortho intramolecular Hbond substituents is 1. The lowest BCUT2D eigenvalue weighted by molar-refractivity contribution is 0.102. The van der Waals surface area contributed by atoms with Gasteiger partial charge in [-0.05, 0) is 45.6 Å². The van der Waals surface area contributed by atoms with E-state index in [2.05, 4.69) is 10.3 Å². The highest BCUT2D eigenvalue weighted by Gasteiger charge is 2.57. The van der Waals surface area contributed by atoms with Gasteiger partial charge >= 0.3 is 0 Å². The van der Waals surface area contributed by atoms with Crippen molar-refractivity contribution in [2.75, 3.05) is 5.32 Å². The minimum atomic E-state index is -2.96. The third-order valence-electron chi connectivity index (χ3n) is 6.53. The summed E-state index contributed by atoms with van der Waals surface area (Å²) in [4.78, 5) is 29.1. The van der Waals surface area contributed by atoms with Gasteiger partial charge in [0.25, 0.3) is 5.91 Å². The molecule has 0 spiro atoms. The molecule has 1 heterocycles. The van der Waals surface area contributed by atoms with Crippen molar-refractivity contribution in [3.8, 4) is 5.75 Å². The molecule has 0 fully saturated rings. The molecule has 0 atom stereocenters. The molecule has 174 valence electrons. The van der Waals surface area contributed by atoms with E-state index < -0.39 is 43.5 Å². The van der Waals surface area contributed by atoms with E-state index in [1.807, 2.05) is 0 Å². The highest BCUT2D eigenvalue weighted by molar-refractivity contribution is 6.67. The van der Waals surface area contributed by atoms with Crippen LogP contribution < -0.4 is 10.7 Å². The molecule has 0 saturated heterocycles. The average molecular weight is 487 g/mol. The van der Waals surface area contributed by atoms with Crippen molar-refractivity contribution in [1.82, 2.24) is 4.98 Å². The summed E-state index contributed by atoms with van der Waals surface area (Å²) in [5.41, 5.74) is -3.46. The molecule has 0 aliphatic carbocycles. The van der Waals surface area contributed by atoms with Gasteiger partial charge in [-0.25, -0.2) is 0 Å². The van der Waals surface area contributed by atoms with Gasteiger partial charge in [0.1, 0.15) is 11.3 Å². The zero-order valence-electron chi connectivity index (χ0n) is 21.4. The summed E-state index contributed by atoms with van der Waals surface area (Å²) in [6, 6.07) is 9.11. The Morgan fingerprint density at radius 2 is 1.45 bits per heavy atom. The third-order valence-corrected chi connectivity index (χ3v) is 6.53. The molecule has 1 amide bonds. The van der Waals surface area contributed by atoms with E-state index in [-0.39, 0.29) is 16.8 Å². The van der Waals surface area contributed by atoms with Crippen LogP contribution in [0.2, 0.25) is 10.2 Å². The summed E-state index contributed by atoms with van der Waals surface area (Å²) < 4.78 is 0. The maximum atomic E-state index is 13.2. The fourth-order valence-electron chi connectivity index (χ4n) is 4.89. The van der Waals surface area contributed by atoms with Gasteiger partial charge in [0.15, 0.2) is 0 Å². The molecule has 3 aromatic rings. The van der Waals surface area contributed by atoms with Gasteiger partial charge in [0, 0.05) is 28.9 Å². The van der Waals surface area contributed by atoms with Gasteiger partial charge in [0.05, 0.1) is 62.8 Å². The predicted molar refractivity (Wildman–Crippen MR) is 157 cm³/mol. The smallest absolute Gasteiger partial charge is 0.261 e. The summed E-state index contributed by atoms with van der Waals surface area (Å²) in [6.07, 6.45) is 1.29. The number of hydrogen-bond acceptors (Lipinski definition) is 4. The molecular formula is C24H20B8N2O4. The van der Waals surface area contributed by atoms with Crippen molar-refractivity contribution in [3.63, 3.8) is 0 Å². The molecule has 0 saturated carbocycles. The van der Waals surface area contributed by atoms with Gasteiger partial charge < -0.3 is 20.5 Å². The Kier molecular flexibility index (Phi) is 7.52. The largest absolute Gasteiger partial charge is 0.508 e. The highest BCUT2D eigenvalue weighted by Crippen LogP contribution is 2.60. The Labute approximate surface area is 232 Å². The number of aromatic hydroxyl groups is 1. The summed E-state index contributed by atoms with van der Waals surface area (Å²) >= 11 is 0. The first-order valence-electron chi connectivity index (χ1n) is 11.5. The quantitative estimate of drug-likeness (QED) is 0.373. The van der Waals surface area contributed by atoms with Crippen LogP contribution in [-0.2, 0) is 10.8 Å². The van der Waals surface area contributed by atoms with Gasteiger partial charge in [-0.2, -0.15) is 0 Å². The molecule has 14 heteroatoms. The number of hydrogen-bond donors (Lipinski definition) is 4. The minimum absolute atomic E-state index is 0.0936. The van der Waals surface area contributed by atoms with Gasteiger partial charge in [-0.1, -0.05) is 32.9 Å². The van der Waals surface area contributed by atoms with Crippen molar-refractivity contribution in [3.05, 3.63) is 69.5 Å². The molecular weight excluding hydrogens is 467 g/mol. The van der Waals surface area contributed by atoms with E-state index >= 15 is 0 Å². The summed E-state index contributed by atoms with van der Waals surface area (Å²) in [5, 5.41) is 16.8. The molecule has 0 bridgehead atoms. The van der Waals surface area contributed by atoms with Crippen LogP contribution in [0.1, 0.15) is 42.3 Å². The van der Waals surface area contributed by atoms with Crippen LogP contribution in [0, 0.1) is 0 Å². The highest BCUT2D eigenvalue weighted by atomic mass is 16.3.